The molecule has 0 atom stereocenters. The summed E-state index contributed by atoms with van der Waals surface area (Å²) in [6, 6.07) is 0. The van der Waals surface area contributed by atoms with Crippen molar-refractivity contribution in [1.29, 1.82) is 0 Å². The second-order valence-electron chi connectivity index (χ2n) is 15.6. The van der Waals surface area contributed by atoms with Crippen LogP contribution in [0.1, 0.15) is 214 Å². The number of hydrogen-bond acceptors (Lipinski definition) is 2. The van der Waals surface area contributed by atoms with E-state index in [0.717, 1.165) is 13.2 Å². The maximum Gasteiger partial charge on any atom is 0.192 e. The van der Waals surface area contributed by atoms with Crippen LogP contribution in [0.15, 0.2) is 0 Å². The molecule has 0 aliphatic carbocycles. The number of rotatable bonds is 34. The minimum atomic E-state index is -1.65. The lowest BCUT2D eigenvalue weighted by atomic mass is 10.0. The van der Waals surface area contributed by atoms with Gasteiger partial charge in [-0.1, -0.05) is 202 Å². The van der Waals surface area contributed by atoms with Crippen molar-refractivity contribution in [3.63, 3.8) is 0 Å². The van der Waals surface area contributed by atoms with Crippen molar-refractivity contribution in [1.82, 2.24) is 4.90 Å². The van der Waals surface area contributed by atoms with Crippen molar-refractivity contribution < 1.29 is 4.43 Å². The summed E-state index contributed by atoms with van der Waals surface area (Å²) in [5, 5.41) is 0.307. The molecule has 0 spiro atoms. The van der Waals surface area contributed by atoms with E-state index in [-0.39, 0.29) is 0 Å². The van der Waals surface area contributed by atoms with Crippen molar-refractivity contribution in [2.75, 3.05) is 26.2 Å². The highest BCUT2D eigenvalue weighted by atomic mass is 28.4. The van der Waals surface area contributed by atoms with E-state index in [2.05, 4.69) is 52.6 Å². The SMILES string of the molecule is CCCCCCCCCCCCCCCCN(CCCCCCCCCCCCCCCC)CCO[Si](C)(C)C(C)(C)C. The van der Waals surface area contributed by atoms with Crippen LogP contribution < -0.4 is 0 Å². The van der Waals surface area contributed by atoms with Crippen molar-refractivity contribution in [2.24, 2.45) is 0 Å². The first-order chi connectivity index (χ1) is 20.7. The molecule has 0 unspecified atom stereocenters. The Kier molecular flexibility index (Phi) is 30.9. The molecule has 0 fully saturated rings. The summed E-state index contributed by atoms with van der Waals surface area (Å²) in [4.78, 5) is 2.74. The quantitative estimate of drug-likeness (QED) is 0.0522. The first kappa shape index (κ1) is 43.1. The van der Waals surface area contributed by atoms with Crippen LogP contribution in [0.25, 0.3) is 0 Å². The molecule has 0 aliphatic heterocycles. The van der Waals surface area contributed by atoms with Crippen LogP contribution in [-0.2, 0) is 4.43 Å². The predicted molar refractivity (Wildman–Crippen MR) is 200 cm³/mol. The van der Waals surface area contributed by atoms with E-state index in [1.807, 2.05) is 0 Å². The van der Waals surface area contributed by atoms with Crippen LogP contribution in [-0.4, -0.2) is 39.5 Å². The maximum absolute atomic E-state index is 6.57. The van der Waals surface area contributed by atoms with Crippen molar-refractivity contribution >= 4 is 8.32 Å². The Morgan fingerprint density at radius 2 is 0.651 bits per heavy atom. The maximum atomic E-state index is 6.57. The first-order valence-electron chi connectivity index (χ1n) is 20.1. The summed E-state index contributed by atoms with van der Waals surface area (Å²) in [6.07, 6.45) is 40.4. The Labute approximate surface area is 275 Å². The molecular formula is C40H85NOSi. The van der Waals surface area contributed by atoms with Crippen molar-refractivity contribution in [3.05, 3.63) is 0 Å². The molecule has 0 saturated heterocycles. The van der Waals surface area contributed by atoms with E-state index in [1.54, 1.807) is 0 Å². The molecular weight excluding hydrogens is 539 g/mol. The number of nitrogens with zero attached hydrogens (tertiary/aromatic N) is 1. The van der Waals surface area contributed by atoms with Gasteiger partial charge in [0.2, 0.25) is 0 Å². The van der Waals surface area contributed by atoms with E-state index >= 15 is 0 Å². The predicted octanol–water partition coefficient (Wildman–Crippen LogP) is 14.3. The first-order valence-corrected chi connectivity index (χ1v) is 23.0. The van der Waals surface area contributed by atoms with Gasteiger partial charge < -0.3 is 9.33 Å². The molecule has 0 bridgehead atoms. The van der Waals surface area contributed by atoms with Crippen LogP contribution in [0.4, 0.5) is 0 Å². The summed E-state index contributed by atoms with van der Waals surface area (Å²) in [7, 11) is -1.65. The van der Waals surface area contributed by atoms with Gasteiger partial charge in [-0.25, -0.2) is 0 Å². The normalized spacial score (nSPS) is 12.6. The molecule has 0 amide bonds. The van der Waals surface area contributed by atoms with Gasteiger partial charge in [0, 0.05) is 13.2 Å². The molecule has 0 saturated carbocycles. The van der Waals surface area contributed by atoms with Crippen LogP contribution in [0.3, 0.4) is 0 Å². The molecule has 43 heavy (non-hydrogen) atoms. The van der Waals surface area contributed by atoms with Gasteiger partial charge in [-0.2, -0.15) is 0 Å². The van der Waals surface area contributed by atoms with Crippen LogP contribution in [0.2, 0.25) is 18.1 Å². The van der Waals surface area contributed by atoms with E-state index in [1.165, 1.54) is 193 Å². The summed E-state index contributed by atoms with van der Waals surface area (Å²) in [5.41, 5.74) is 0. The Balaban J connectivity index is 4.00. The van der Waals surface area contributed by atoms with Gasteiger partial charge in [-0.05, 0) is 44.1 Å². The molecule has 0 aromatic heterocycles. The molecule has 0 aromatic rings. The summed E-state index contributed by atoms with van der Waals surface area (Å²) < 4.78 is 6.57. The lowest BCUT2D eigenvalue weighted by molar-refractivity contribution is 0.192. The zero-order valence-electron chi connectivity index (χ0n) is 31.5. The van der Waals surface area contributed by atoms with Gasteiger partial charge in [0.15, 0.2) is 8.32 Å². The van der Waals surface area contributed by atoms with Gasteiger partial charge in [0.25, 0.3) is 0 Å². The van der Waals surface area contributed by atoms with E-state index in [4.69, 9.17) is 4.43 Å². The van der Waals surface area contributed by atoms with Crippen molar-refractivity contribution in [3.8, 4) is 0 Å². The molecule has 0 heterocycles. The monoisotopic (exact) mass is 624 g/mol. The number of unbranched alkanes of at least 4 members (excludes halogenated alkanes) is 26. The van der Waals surface area contributed by atoms with Crippen LogP contribution >= 0.6 is 0 Å². The molecule has 0 aliphatic rings. The fraction of sp³-hybridized carbons (Fsp3) is 1.00. The van der Waals surface area contributed by atoms with Gasteiger partial charge in [0.05, 0.1) is 0 Å². The fourth-order valence-corrected chi connectivity index (χ4v) is 7.08. The van der Waals surface area contributed by atoms with Gasteiger partial charge in [-0.3, -0.25) is 0 Å². The highest BCUT2D eigenvalue weighted by Gasteiger charge is 2.36. The van der Waals surface area contributed by atoms with E-state index in [9.17, 15) is 0 Å². The van der Waals surface area contributed by atoms with Gasteiger partial charge >= 0.3 is 0 Å². The Bertz CT molecular complexity index is 511. The highest BCUT2D eigenvalue weighted by molar-refractivity contribution is 6.74. The molecule has 2 nitrogen and oxygen atoms in total. The largest absolute Gasteiger partial charge is 0.416 e. The molecule has 0 radical (unpaired) electrons. The topological polar surface area (TPSA) is 12.5 Å². The average Bonchev–Trinajstić information content (AvgIpc) is 2.96. The lowest BCUT2D eigenvalue weighted by Crippen LogP contribution is -2.43. The third-order valence-corrected chi connectivity index (χ3v) is 14.9. The smallest absolute Gasteiger partial charge is 0.192 e. The standard InChI is InChI=1S/C40H85NOSi/c1-8-10-12-14-16-18-20-22-24-26-28-30-32-34-36-41(38-39-42-43(6,7)40(3,4)5)37-35-33-31-29-27-25-23-21-19-17-15-13-11-9-2/h8-39H2,1-7H3. The fourth-order valence-electron chi connectivity index (χ4n) is 6.04. The van der Waals surface area contributed by atoms with Crippen LogP contribution in [0, 0.1) is 0 Å². The molecule has 0 N–H and O–H groups in total. The third kappa shape index (κ3) is 29.3. The summed E-state index contributed by atoms with van der Waals surface area (Å²) in [6.45, 7) is 21.1. The molecule has 3 heteroatoms. The Morgan fingerprint density at radius 1 is 0.395 bits per heavy atom. The molecule has 0 rings (SSSR count). The number of hydrogen-bond donors (Lipinski definition) is 0. The lowest BCUT2D eigenvalue weighted by Gasteiger charge is -2.37. The van der Waals surface area contributed by atoms with E-state index < -0.39 is 8.32 Å². The zero-order valence-corrected chi connectivity index (χ0v) is 32.5. The minimum Gasteiger partial charge on any atom is -0.416 e. The Hall–Kier alpha value is 0.137. The Morgan fingerprint density at radius 3 is 0.907 bits per heavy atom. The minimum absolute atomic E-state index is 0.307. The second-order valence-corrected chi connectivity index (χ2v) is 20.5. The zero-order chi connectivity index (χ0) is 31.9. The van der Waals surface area contributed by atoms with Crippen molar-refractivity contribution in [2.45, 2.75) is 233 Å². The summed E-state index contributed by atoms with van der Waals surface area (Å²) >= 11 is 0. The molecule has 260 valence electrons. The third-order valence-electron chi connectivity index (χ3n) is 10.3. The highest BCUT2D eigenvalue weighted by Crippen LogP contribution is 2.36. The van der Waals surface area contributed by atoms with Crippen LogP contribution in [0.5, 0.6) is 0 Å². The second kappa shape index (κ2) is 30.8. The average molecular weight is 624 g/mol. The molecule has 0 aromatic carbocycles. The van der Waals surface area contributed by atoms with Gasteiger partial charge in [-0.15, -0.1) is 0 Å². The van der Waals surface area contributed by atoms with E-state index in [0.29, 0.717) is 5.04 Å². The van der Waals surface area contributed by atoms with Gasteiger partial charge in [0.1, 0.15) is 0 Å². The summed E-state index contributed by atoms with van der Waals surface area (Å²) in [5.74, 6) is 0.